The van der Waals surface area contributed by atoms with Gasteiger partial charge >= 0.3 is 0 Å². The van der Waals surface area contributed by atoms with Gasteiger partial charge in [0.25, 0.3) is 0 Å². The predicted octanol–water partition coefficient (Wildman–Crippen LogP) is 2.53. The average molecular weight is 444 g/mol. The van der Waals surface area contributed by atoms with Gasteiger partial charge in [-0.25, -0.2) is 0 Å². The van der Waals surface area contributed by atoms with Gasteiger partial charge in [0.05, 0.1) is 34.0 Å². The Hall–Kier alpha value is -1.51. The molecule has 152 valence electrons. The van der Waals surface area contributed by atoms with Gasteiger partial charge in [0.1, 0.15) is 0 Å². The molecule has 27 heavy (non-hydrogen) atoms. The Morgan fingerprint density at radius 3 is 2.63 bits per heavy atom. The quantitative estimate of drug-likeness (QED) is 0.359. The van der Waals surface area contributed by atoms with Gasteiger partial charge in [0.2, 0.25) is 0 Å². The van der Waals surface area contributed by atoms with Crippen LogP contribution in [0, 0.1) is 5.92 Å². The van der Waals surface area contributed by atoms with Gasteiger partial charge in [-0.05, 0) is 24.1 Å². The first-order valence-electron chi connectivity index (χ1n) is 9.05. The number of ether oxygens (including phenoxy) is 4. The van der Waals surface area contributed by atoms with Crippen molar-refractivity contribution in [2.75, 3.05) is 61.3 Å². The van der Waals surface area contributed by atoms with Crippen molar-refractivity contribution in [1.82, 2.24) is 10.2 Å². The van der Waals surface area contributed by atoms with E-state index in [2.05, 4.69) is 31.1 Å². The topological polar surface area (TPSA) is 64.6 Å². The number of hydrogen-bond donors (Lipinski definition) is 1. The van der Waals surface area contributed by atoms with Crippen molar-refractivity contribution in [3.8, 4) is 11.5 Å². The van der Waals surface area contributed by atoms with Crippen LogP contribution in [-0.4, -0.2) is 72.1 Å². The largest absolute Gasteiger partial charge is 0.493 e. The molecule has 1 fully saturated rings. The molecule has 1 aliphatic heterocycles. The monoisotopic (exact) mass is 443 g/mol. The summed E-state index contributed by atoms with van der Waals surface area (Å²) >= 11 is 3.60. The number of likely N-dealkylation sites (tertiary alicyclic amines) is 1. The van der Waals surface area contributed by atoms with E-state index in [1.807, 2.05) is 19.2 Å². The van der Waals surface area contributed by atoms with E-state index in [0.717, 1.165) is 42.1 Å². The normalized spacial score (nSPS) is 17.3. The number of nitrogens with one attached hydrogen (secondary N) is 1. The fourth-order valence-electron chi connectivity index (χ4n) is 3.09. The van der Waals surface area contributed by atoms with E-state index in [4.69, 9.17) is 18.9 Å². The molecule has 1 saturated heterocycles. The van der Waals surface area contributed by atoms with E-state index in [1.165, 1.54) is 0 Å². The average Bonchev–Trinajstić information content (AvgIpc) is 3.15. The van der Waals surface area contributed by atoms with Crippen LogP contribution in [0.15, 0.2) is 21.6 Å². The van der Waals surface area contributed by atoms with Gasteiger partial charge < -0.3 is 29.2 Å². The zero-order chi connectivity index (χ0) is 19.6. The number of guanidine groups is 1. The highest BCUT2D eigenvalue weighted by molar-refractivity contribution is 9.10. The fourth-order valence-corrected chi connectivity index (χ4v) is 3.55. The molecular formula is C19H30BrN3O4. The van der Waals surface area contributed by atoms with Crippen molar-refractivity contribution >= 4 is 21.9 Å². The summed E-state index contributed by atoms with van der Waals surface area (Å²) in [6.07, 6.45) is 1.10. The van der Waals surface area contributed by atoms with Crippen molar-refractivity contribution in [3.63, 3.8) is 0 Å². The number of halogens is 1. The van der Waals surface area contributed by atoms with Crippen LogP contribution in [0.25, 0.3) is 0 Å². The van der Waals surface area contributed by atoms with Gasteiger partial charge in [-0.2, -0.15) is 0 Å². The molecule has 1 aromatic carbocycles. The Labute approximate surface area is 170 Å². The summed E-state index contributed by atoms with van der Waals surface area (Å²) in [5, 5.41) is 3.44. The van der Waals surface area contributed by atoms with Crippen LogP contribution >= 0.6 is 15.9 Å². The lowest BCUT2D eigenvalue weighted by molar-refractivity contribution is 0.0536. The molecule has 0 aliphatic carbocycles. The van der Waals surface area contributed by atoms with Crippen molar-refractivity contribution in [3.05, 3.63) is 22.2 Å². The van der Waals surface area contributed by atoms with Gasteiger partial charge in [-0.3, -0.25) is 4.99 Å². The van der Waals surface area contributed by atoms with Crippen LogP contribution in [0.5, 0.6) is 11.5 Å². The summed E-state index contributed by atoms with van der Waals surface area (Å²) in [6, 6.07) is 3.89. The zero-order valence-electron chi connectivity index (χ0n) is 16.6. The first-order valence-corrected chi connectivity index (χ1v) is 9.84. The highest BCUT2D eigenvalue weighted by Crippen LogP contribution is 2.33. The summed E-state index contributed by atoms with van der Waals surface area (Å²) in [5.74, 6) is 2.83. The first-order chi connectivity index (χ1) is 13.1. The van der Waals surface area contributed by atoms with Crippen molar-refractivity contribution < 1.29 is 18.9 Å². The molecule has 8 heteroatoms. The second-order valence-corrected chi connectivity index (χ2v) is 7.22. The Morgan fingerprint density at radius 2 is 1.96 bits per heavy atom. The summed E-state index contributed by atoms with van der Waals surface area (Å²) in [7, 11) is 6.77. The molecule has 2 rings (SSSR count). The predicted molar refractivity (Wildman–Crippen MR) is 110 cm³/mol. The van der Waals surface area contributed by atoms with Gasteiger partial charge in [0, 0.05) is 44.2 Å². The second kappa shape index (κ2) is 11.4. The van der Waals surface area contributed by atoms with Crippen molar-refractivity contribution in [1.29, 1.82) is 0 Å². The highest BCUT2D eigenvalue weighted by atomic mass is 79.9. The minimum Gasteiger partial charge on any atom is -0.493 e. The van der Waals surface area contributed by atoms with Crippen LogP contribution in [0.3, 0.4) is 0 Å². The Balaban J connectivity index is 1.89. The summed E-state index contributed by atoms with van der Waals surface area (Å²) in [4.78, 5) is 6.71. The highest BCUT2D eigenvalue weighted by Gasteiger charge is 2.25. The van der Waals surface area contributed by atoms with Gasteiger partial charge in [-0.15, -0.1) is 0 Å². The molecule has 1 N–H and O–H groups in total. The molecule has 0 saturated carbocycles. The van der Waals surface area contributed by atoms with E-state index in [9.17, 15) is 0 Å². The molecule has 0 amide bonds. The number of methoxy groups -OCH3 is 3. The molecule has 0 bridgehead atoms. The lowest BCUT2D eigenvalue weighted by atomic mass is 10.1. The molecule has 0 aromatic heterocycles. The molecule has 1 atom stereocenters. The van der Waals surface area contributed by atoms with Crippen LogP contribution in [0.4, 0.5) is 0 Å². The van der Waals surface area contributed by atoms with E-state index < -0.39 is 0 Å². The maximum absolute atomic E-state index is 5.67. The molecule has 1 aromatic rings. The Kier molecular flexibility index (Phi) is 9.17. The third-order valence-electron chi connectivity index (χ3n) is 4.57. The van der Waals surface area contributed by atoms with Crippen molar-refractivity contribution in [2.45, 2.75) is 13.0 Å². The summed E-state index contributed by atoms with van der Waals surface area (Å²) in [5.41, 5.74) is 1.08. The third kappa shape index (κ3) is 6.26. The SMILES string of the molecule is CN=C(NCc1cc(OC)c(OC)cc1Br)N1CCC(COCCOC)C1. The van der Waals surface area contributed by atoms with Gasteiger partial charge in [0.15, 0.2) is 17.5 Å². The van der Waals surface area contributed by atoms with Crippen LogP contribution < -0.4 is 14.8 Å². The Morgan fingerprint density at radius 1 is 1.22 bits per heavy atom. The minimum absolute atomic E-state index is 0.522. The minimum atomic E-state index is 0.522. The molecule has 0 spiro atoms. The number of nitrogens with zero attached hydrogens (tertiary/aromatic N) is 2. The number of rotatable bonds is 9. The summed E-state index contributed by atoms with van der Waals surface area (Å²) < 4.78 is 22.4. The van der Waals surface area contributed by atoms with Crippen LogP contribution in [0.2, 0.25) is 0 Å². The lowest BCUT2D eigenvalue weighted by Crippen LogP contribution is -2.40. The standard InChI is InChI=1S/C19H30BrN3O4/c1-21-19(23-6-5-14(12-23)13-27-8-7-24-2)22-11-15-9-17(25-3)18(26-4)10-16(15)20/h9-10,14H,5-8,11-13H2,1-4H3,(H,21,22). The van der Waals surface area contributed by atoms with Crippen LogP contribution in [0.1, 0.15) is 12.0 Å². The fraction of sp³-hybridized carbons (Fsp3) is 0.632. The smallest absolute Gasteiger partial charge is 0.193 e. The van der Waals surface area contributed by atoms with Crippen molar-refractivity contribution in [2.24, 2.45) is 10.9 Å². The molecule has 1 aliphatic rings. The first kappa shape index (κ1) is 21.8. The van der Waals surface area contributed by atoms with Crippen LogP contribution in [-0.2, 0) is 16.0 Å². The zero-order valence-corrected chi connectivity index (χ0v) is 18.2. The third-order valence-corrected chi connectivity index (χ3v) is 5.31. The maximum Gasteiger partial charge on any atom is 0.193 e. The Bertz CT molecular complexity index is 627. The summed E-state index contributed by atoms with van der Waals surface area (Å²) in [6.45, 7) is 4.61. The molecule has 1 heterocycles. The van der Waals surface area contributed by atoms with E-state index >= 15 is 0 Å². The molecule has 1 unspecified atom stereocenters. The number of hydrogen-bond acceptors (Lipinski definition) is 5. The number of benzene rings is 1. The second-order valence-electron chi connectivity index (χ2n) is 6.37. The number of aliphatic imine (C=N–C) groups is 1. The van der Waals surface area contributed by atoms with Gasteiger partial charge in [-0.1, -0.05) is 15.9 Å². The molecule has 7 nitrogen and oxygen atoms in total. The molecule has 0 radical (unpaired) electrons. The van der Waals surface area contributed by atoms with E-state index in [0.29, 0.717) is 37.2 Å². The van der Waals surface area contributed by atoms with E-state index in [1.54, 1.807) is 21.3 Å². The lowest BCUT2D eigenvalue weighted by Gasteiger charge is -2.22. The van der Waals surface area contributed by atoms with E-state index in [-0.39, 0.29) is 0 Å². The molecular weight excluding hydrogens is 414 g/mol. The maximum atomic E-state index is 5.67.